The van der Waals surface area contributed by atoms with Gasteiger partial charge in [0.2, 0.25) is 0 Å². The molecule has 58 heavy (non-hydrogen) atoms. The lowest BCUT2D eigenvalue weighted by atomic mass is 10.0. The Balaban J connectivity index is 1.13. The molecular weight excluding hydrogens is 709 g/mol. The third kappa shape index (κ3) is 4.27. The van der Waals surface area contributed by atoms with Crippen molar-refractivity contribution in [3.05, 3.63) is 194 Å². The Kier molecular flexibility index (Phi) is 6.38. The zero-order valence-electron chi connectivity index (χ0n) is 31.2. The zero-order chi connectivity index (χ0) is 37.9. The fraction of sp³-hybridized carbons (Fsp3) is 0. The molecule has 0 aliphatic carbocycles. The van der Waals surface area contributed by atoms with Crippen molar-refractivity contribution in [2.24, 2.45) is 0 Å². The van der Waals surface area contributed by atoms with Crippen LogP contribution in [-0.2, 0) is 0 Å². The summed E-state index contributed by atoms with van der Waals surface area (Å²) in [7, 11) is 0. The maximum absolute atomic E-state index is 6.18. The lowest BCUT2D eigenvalue weighted by Crippen LogP contribution is -1.97. The number of benzene rings is 8. The fourth-order valence-electron chi connectivity index (χ4n) is 9.67. The van der Waals surface area contributed by atoms with E-state index in [1.54, 1.807) is 0 Å². The molecule has 8 aromatic carbocycles. The minimum Gasteiger partial charge on any atom is -0.456 e. The molecule has 0 N–H and O–H groups in total. The van der Waals surface area contributed by atoms with Gasteiger partial charge in [-0.1, -0.05) is 109 Å². The van der Waals surface area contributed by atoms with Crippen LogP contribution < -0.4 is 0 Å². The van der Waals surface area contributed by atoms with Crippen molar-refractivity contribution in [1.29, 1.82) is 0 Å². The number of rotatable bonds is 4. The highest BCUT2D eigenvalue weighted by Crippen LogP contribution is 2.46. The molecule has 5 nitrogen and oxygen atoms in total. The van der Waals surface area contributed by atoms with Crippen molar-refractivity contribution < 1.29 is 4.42 Å². The Bertz CT molecular complexity index is 3790. The largest absolute Gasteiger partial charge is 0.456 e. The molecule has 0 amide bonds. The van der Waals surface area contributed by atoms with Crippen LogP contribution in [0.3, 0.4) is 0 Å². The number of hydrogen-bond acceptors (Lipinski definition) is 2. The van der Waals surface area contributed by atoms with Gasteiger partial charge in [-0.2, -0.15) is 0 Å². The summed E-state index contributed by atoms with van der Waals surface area (Å²) < 4.78 is 13.4. The summed E-state index contributed by atoms with van der Waals surface area (Å²) in [6, 6.07) is 67.6. The van der Waals surface area contributed by atoms with E-state index in [-0.39, 0.29) is 0 Å². The van der Waals surface area contributed by atoms with Crippen molar-refractivity contribution in [2.75, 3.05) is 0 Å². The minimum absolute atomic E-state index is 0.903. The molecule has 0 aliphatic heterocycles. The molecule has 0 atom stereocenters. The van der Waals surface area contributed by atoms with Crippen molar-refractivity contribution in [3.63, 3.8) is 0 Å². The average Bonchev–Trinajstić information content (AvgIpc) is 4.03. The molecule has 5 heteroatoms. The normalized spacial score (nSPS) is 12.1. The predicted octanol–water partition coefficient (Wildman–Crippen LogP) is 13.9. The summed E-state index contributed by atoms with van der Waals surface area (Å²) in [6.45, 7) is 0. The van der Waals surface area contributed by atoms with E-state index >= 15 is 0 Å². The minimum atomic E-state index is 0.903. The molecule has 0 radical (unpaired) electrons. The number of aromatic nitrogens is 4. The van der Waals surface area contributed by atoms with Gasteiger partial charge in [0.25, 0.3) is 0 Å². The molecule has 270 valence electrons. The van der Waals surface area contributed by atoms with Gasteiger partial charge in [-0.3, -0.25) is 4.57 Å². The maximum atomic E-state index is 6.18. The summed E-state index contributed by atoms with van der Waals surface area (Å²) in [4.78, 5) is 4.83. The van der Waals surface area contributed by atoms with Crippen molar-refractivity contribution in [1.82, 2.24) is 18.7 Å². The zero-order valence-corrected chi connectivity index (χ0v) is 31.2. The van der Waals surface area contributed by atoms with Gasteiger partial charge in [-0.25, -0.2) is 4.98 Å². The molecule has 0 spiro atoms. The van der Waals surface area contributed by atoms with E-state index < -0.39 is 0 Å². The maximum Gasteiger partial charge on any atom is 0.137 e. The highest BCUT2D eigenvalue weighted by Gasteiger charge is 2.25. The predicted molar refractivity (Wildman–Crippen MR) is 240 cm³/mol. The first kappa shape index (κ1) is 31.3. The van der Waals surface area contributed by atoms with Crippen LogP contribution in [-0.4, -0.2) is 18.7 Å². The quantitative estimate of drug-likeness (QED) is 0.180. The van der Waals surface area contributed by atoms with Crippen LogP contribution >= 0.6 is 0 Å². The Morgan fingerprint density at radius 2 is 0.948 bits per heavy atom. The van der Waals surface area contributed by atoms with Gasteiger partial charge in [-0.15, -0.1) is 0 Å². The fourth-order valence-corrected chi connectivity index (χ4v) is 9.67. The average molecular weight is 741 g/mol. The third-order valence-electron chi connectivity index (χ3n) is 12.1. The van der Waals surface area contributed by atoms with Gasteiger partial charge >= 0.3 is 0 Å². The Labute approximate surface area is 331 Å². The van der Waals surface area contributed by atoms with Crippen LogP contribution in [0.1, 0.15) is 0 Å². The highest BCUT2D eigenvalue weighted by atomic mass is 16.3. The summed E-state index contributed by atoms with van der Waals surface area (Å²) in [6.07, 6.45) is 1.87. The number of fused-ring (bicyclic) bond motifs is 14. The molecule has 0 saturated heterocycles. The first-order valence-corrected chi connectivity index (χ1v) is 19.7. The molecule has 0 bridgehead atoms. The van der Waals surface area contributed by atoms with Gasteiger partial charge in [0.05, 0.1) is 33.1 Å². The topological polar surface area (TPSA) is 40.8 Å². The number of para-hydroxylation sites is 4. The smallest absolute Gasteiger partial charge is 0.137 e. The first-order valence-electron chi connectivity index (χ1n) is 19.7. The van der Waals surface area contributed by atoms with Gasteiger partial charge in [-0.05, 0) is 90.0 Å². The van der Waals surface area contributed by atoms with E-state index in [1.807, 2.05) is 24.4 Å². The molecule has 0 unspecified atom stereocenters. The second-order valence-electron chi connectivity index (χ2n) is 15.1. The van der Waals surface area contributed by atoms with Gasteiger partial charge in [0.1, 0.15) is 17.0 Å². The monoisotopic (exact) mass is 740 g/mol. The molecule has 13 aromatic rings. The van der Waals surface area contributed by atoms with E-state index in [0.29, 0.717) is 0 Å². The van der Waals surface area contributed by atoms with Crippen molar-refractivity contribution in [3.8, 4) is 28.3 Å². The van der Waals surface area contributed by atoms with Gasteiger partial charge < -0.3 is 13.6 Å². The van der Waals surface area contributed by atoms with Crippen LogP contribution in [0.15, 0.2) is 199 Å². The van der Waals surface area contributed by atoms with Crippen LogP contribution in [0.4, 0.5) is 0 Å². The van der Waals surface area contributed by atoms with E-state index in [0.717, 1.165) is 66.8 Å². The SMILES string of the molecule is c1ccc(-n2c3c(ccc4c3c3ccccc3n4-c3cccc(-c4ccc5oc6ccccc6c5c4)c3)c3ccc4c(c5ccccc5n4-c4ccccn4)c32)cc1. The number of nitrogens with zero attached hydrogens (tertiary/aromatic N) is 4. The van der Waals surface area contributed by atoms with Gasteiger partial charge in [0.15, 0.2) is 0 Å². The van der Waals surface area contributed by atoms with E-state index in [9.17, 15) is 0 Å². The Morgan fingerprint density at radius 3 is 1.69 bits per heavy atom. The first-order chi connectivity index (χ1) is 28.8. The summed E-state index contributed by atoms with van der Waals surface area (Å²) in [5, 5.41) is 9.56. The standard InChI is InChI=1S/C53H32N4O/c1-2-14-35(15-3-1)56-52-38(39-26-28-46-51(53(39)56)41-19-5-8-21-44(41)57(46)49-23-10-11-30-54-49)25-27-45-50(52)40-18-4-7-20-43(40)55(45)36-16-12-13-33(31-36)34-24-29-48-42(32-34)37-17-6-9-22-47(37)58-48/h1-32H. The van der Waals surface area contributed by atoms with E-state index in [4.69, 9.17) is 9.40 Å². The second kappa shape index (κ2) is 11.8. The number of furan rings is 1. The lowest BCUT2D eigenvalue weighted by molar-refractivity contribution is 0.669. The van der Waals surface area contributed by atoms with Crippen LogP contribution in [0.25, 0.3) is 116 Å². The number of hydrogen-bond donors (Lipinski definition) is 0. The van der Waals surface area contributed by atoms with Crippen molar-refractivity contribution in [2.45, 2.75) is 0 Å². The van der Waals surface area contributed by atoms with Crippen LogP contribution in [0.5, 0.6) is 0 Å². The number of pyridine rings is 1. The highest BCUT2D eigenvalue weighted by molar-refractivity contribution is 6.31. The third-order valence-corrected chi connectivity index (χ3v) is 12.1. The van der Waals surface area contributed by atoms with E-state index in [2.05, 4.69) is 184 Å². The summed E-state index contributed by atoms with van der Waals surface area (Å²) in [5.41, 5.74) is 13.3. The van der Waals surface area contributed by atoms with Crippen LogP contribution in [0.2, 0.25) is 0 Å². The summed E-state index contributed by atoms with van der Waals surface area (Å²) in [5.74, 6) is 0.904. The Hall–Kier alpha value is -7.89. The molecule has 0 fully saturated rings. The second-order valence-corrected chi connectivity index (χ2v) is 15.1. The van der Waals surface area contributed by atoms with Crippen LogP contribution in [0, 0.1) is 0 Å². The molecule has 0 saturated carbocycles. The molecule has 5 heterocycles. The molecule has 13 rings (SSSR count). The Morgan fingerprint density at radius 1 is 0.345 bits per heavy atom. The summed E-state index contributed by atoms with van der Waals surface area (Å²) >= 11 is 0. The molecule has 0 aliphatic rings. The molecular formula is C53H32N4O. The van der Waals surface area contributed by atoms with Gasteiger partial charge in [0, 0.05) is 60.7 Å². The van der Waals surface area contributed by atoms with Crippen molar-refractivity contribution >= 4 is 87.4 Å². The molecule has 5 aromatic heterocycles. The van der Waals surface area contributed by atoms with E-state index in [1.165, 1.54) is 48.9 Å². The lowest BCUT2D eigenvalue weighted by Gasteiger charge is -2.12.